The molecule has 0 aliphatic rings. The second-order valence-electron chi connectivity index (χ2n) is 4.69. The Morgan fingerprint density at radius 3 is 2.32 bits per heavy atom. The highest BCUT2D eigenvalue weighted by atomic mass is 127. The largest absolute Gasteiger partial charge is 0.385 e. The van der Waals surface area contributed by atoms with Gasteiger partial charge in [-0.05, 0) is 64.9 Å². The number of hydrogen-bond donors (Lipinski definition) is 1. The number of aliphatic hydroxyl groups is 1. The van der Waals surface area contributed by atoms with E-state index in [0.29, 0.717) is 16.5 Å². The van der Waals surface area contributed by atoms with Gasteiger partial charge < -0.3 is 5.11 Å². The molecule has 1 unspecified atom stereocenters. The summed E-state index contributed by atoms with van der Waals surface area (Å²) in [5, 5.41) is 11.8. The van der Waals surface area contributed by atoms with Crippen LogP contribution in [0.25, 0.3) is 0 Å². The standard InChI is InChI=1S/C15H13Cl2IO/c1-15(19,11-3-6-13(18)7-4-11)9-10-2-5-12(16)8-14(10)17/h2-8,19H,9H2,1H3. The monoisotopic (exact) mass is 406 g/mol. The molecule has 4 heteroatoms. The summed E-state index contributed by atoms with van der Waals surface area (Å²) < 4.78 is 1.14. The Hall–Kier alpha value is -0.290. The molecule has 0 heterocycles. The lowest BCUT2D eigenvalue weighted by atomic mass is 9.89. The summed E-state index contributed by atoms with van der Waals surface area (Å²) in [6.07, 6.45) is 0.448. The van der Waals surface area contributed by atoms with Crippen molar-refractivity contribution in [3.8, 4) is 0 Å². The molecule has 2 aromatic rings. The SMILES string of the molecule is CC(O)(Cc1ccc(Cl)cc1Cl)c1ccc(I)cc1. The first-order chi connectivity index (χ1) is 8.88. The summed E-state index contributed by atoms with van der Waals surface area (Å²) >= 11 is 14.3. The second kappa shape index (κ2) is 6.00. The Bertz CT molecular complexity index is 579. The molecule has 1 N–H and O–H groups in total. The lowest BCUT2D eigenvalue weighted by Crippen LogP contribution is -2.24. The molecule has 19 heavy (non-hydrogen) atoms. The summed E-state index contributed by atoms with van der Waals surface area (Å²) in [6, 6.07) is 13.2. The highest BCUT2D eigenvalue weighted by Gasteiger charge is 2.24. The highest BCUT2D eigenvalue weighted by Crippen LogP contribution is 2.30. The van der Waals surface area contributed by atoms with Crippen LogP contribution >= 0.6 is 45.8 Å². The lowest BCUT2D eigenvalue weighted by molar-refractivity contribution is 0.0576. The summed E-state index contributed by atoms with van der Waals surface area (Å²) in [4.78, 5) is 0. The number of rotatable bonds is 3. The molecule has 0 aromatic heterocycles. The van der Waals surface area contributed by atoms with Crippen molar-refractivity contribution in [3.63, 3.8) is 0 Å². The molecule has 0 saturated carbocycles. The van der Waals surface area contributed by atoms with E-state index >= 15 is 0 Å². The molecule has 2 rings (SSSR count). The van der Waals surface area contributed by atoms with E-state index in [2.05, 4.69) is 22.6 Å². The van der Waals surface area contributed by atoms with Crippen molar-refractivity contribution < 1.29 is 5.11 Å². The van der Waals surface area contributed by atoms with E-state index in [4.69, 9.17) is 23.2 Å². The summed E-state index contributed by atoms with van der Waals surface area (Å²) in [5.74, 6) is 0. The summed E-state index contributed by atoms with van der Waals surface area (Å²) in [7, 11) is 0. The van der Waals surface area contributed by atoms with Gasteiger partial charge in [-0.1, -0.05) is 41.4 Å². The van der Waals surface area contributed by atoms with E-state index in [1.165, 1.54) is 0 Å². The molecule has 0 bridgehead atoms. The van der Waals surface area contributed by atoms with Crippen LogP contribution in [0.1, 0.15) is 18.1 Å². The zero-order valence-electron chi connectivity index (χ0n) is 10.3. The van der Waals surface area contributed by atoms with Gasteiger partial charge in [-0.25, -0.2) is 0 Å². The smallest absolute Gasteiger partial charge is 0.0909 e. The van der Waals surface area contributed by atoms with Gasteiger partial charge in [-0.3, -0.25) is 0 Å². The minimum absolute atomic E-state index is 0.448. The van der Waals surface area contributed by atoms with Crippen LogP contribution in [-0.2, 0) is 12.0 Å². The van der Waals surface area contributed by atoms with E-state index in [1.54, 1.807) is 19.1 Å². The third-order valence-electron chi connectivity index (χ3n) is 3.02. The van der Waals surface area contributed by atoms with Crippen LogP contribution in [0.2, 0.25) is 10.0 Å². The van der Waals surface area contributed by atoms with Crippen molar-refractivity contribution in [1.29, 1.82) is 0 Å². The minimum Gasteiger partial charge on any atom is -0.385 e. The molecule has 0 aliphatic heterocycles. The van der Waals surface area contributed by atoms with Gasteiger partial charge in [0.2, 0.25) is 0 Å². The zero-order valence-corrected chi connectivity index (χ0v) is 14.0. The Balaban J connectivity index is 2.27. The quantitative estimate of drug-likeness (QED) is 0.707. The average molecular weight is 407 g/mol. The summed E-state index contributed by atoms with van der Waals surface area (Å²) in [6.45, 7) is 1.79. The summed E-state index contributed by atoms with van der Waals surface area (Å²) in [5.41, 5.74) is 0.801. The maximum Gasteiger partial charge on any atom is 0.0909 e. The molecule has 2 aromatic carbocycles. The van der Waals surface area contributed by atoms with Crippen LogP contribution in [0.15, 0.2) is 42.5 Å². The normalized spacial score (nSPS) is 14.2. The van der Waals surface area contributed by atoms with Crippen molar-refractivity contribution in [3.05, 3.63) is 67.2 Å². The first-order valence-corrected chi connectivity index (χ1v) is 7.64. The maximum atomic E-state index is 10.6. The van der Waals surface area contributed by atoms with Gasteiger partial charge in [0.25, 0.3) is 0 Å². The fraction of sp³-hybridized carbons (Fsp3) is 0.200. The molecular formula is C15H13Cl2IO. The molecule has 100 valence electrons. The predicted octanol–water partition coefficient (Wildman–Crippen LogP) is 5.05. The maximum absolute atomic E-state index is 10.6. The molecule has 0 spiro atoms. The number of hydrogen-bond acceptors (Lipinski definition) is 1. The molecular weight excluding hydrogens is 394 g/mol. The van der Waals surface area contributed by atoms with Crippen LogP contribution in [0, 0.1) is 3.57 Å². The first kappa shape index (κ1) is 15.1. The molecule has 0 amide bonds. The Morgan fingerprint density at radius 1 is 1.11 bits per heavy atom. The van der Waals surface area contributed by atoms with Gasteiger partial charge in [-0.2, -0.15) is 0 Å². The fourth-order valence-electron chi connectivity index (χ4n) is 1.95. The van der Waals surface area contributed by atoms with E-state index in [9.17, 15) is 5.11 Å². The third kappa shape index (κ3) is 3.85. The van der Waals surface area contributed by atoms with E-state index in [1.807, 2.05) is 30.3 Å². The van der Waals surface area contributed by atoms with Gasteiger partial charge in [0.15, 0.2) is 0 Å². The fourth-order valence-corrected chi connectivity index (χ4v) is 2.78. The Labute approximate surface area is 136 Å². The first-order valence-electron chi connectivity index (χ1n) is 5.81. The van der Waals surface area contributed by atoms with Crippen LogP contribution in [0.5, 0.6) is 0 Å². The van der Waals surface area contributed by atoms with Crippen molar-refractivity contribution in [2.75, 3.05) is 0 Å². The van der Waals surface area contributed by atoms with E-state index in [0.717, 1.165) is 14.7 Å². The van der Waals surface area contributed by atoms with Gasteiger partial charge in [-0.15, -0.1) is 0 Å². The molecule has 0 saturated heterocycles. The van der Waals surface area contributed by atoms with Gasteiger partial charge in [0.1, 0.15) is 0 Å². The highest BCUT2D eigenvalue weighted by molar-refractivity contribution is 14.1. The predicted molar refractivity (Wildman–Crippen MR) is 88.9 cm³/mol. The van der Waals surface area contributed by atoms with Gasteiger partial charge in [0, 0.05) is 20.0 Å². The van der Waals surface area contributed by atoms with Crippen LogP contribution in [0.3, 0.4) is 0 Å². The average Bonchev–Trinajstić information content (AvgIpc) is 2.33. The van der Waals surface area contributed by atoms with E-state index < -0.39 is 5.60 Å². The zero-order chi connectivity index (χ0) is 14.0. The van der Waals surface area contributed by atoms with Crippen molar-refractivity contribution >= 4 is 45.8 Å². The molecule has 1 nitrogen and oxygen atoms in total. The second-order valence-corrected chi connectivity index (χ2v) is 6.78. The third-order valence-corrected chi connectivity index (χ3v) is 4.32. The minimum atomic E-state index is -0.957. The van der Waals surface area contributed by atoms with Gasteiger partial charge in [0.05, 0.1) is 5.60 Å². The van der Waals surface area contributed by atoms with Crippen molar-refractivity contribution in [1.82, 2.24) is 0 Å². The Kier molecular flexibility index (Phi) is 4.77. The lowest BCUT2D eigenvalue weighted by Gasteiger charge is -2.24. The van der Waals surface area contributed by atoms with E-state index in [-0.39, 0.29) is 0 Å². The Morgan fingerprint density at radius 2 is 1.74 bits per heavy atom. The van der Waals surface area contributed by atoms with Crippen LogP contribution in [0.4, 0.5) is 0 Å². The molecule has 0 radical (unpaired) electrons. The number of benzene rings is 2. The molecule has 0 aliphatic carbocycles. The van der Waals surface area contributed by atoms with Crippen molar-refractivity contribution in [2.45, 2.75) is 18.9 Å². The molecule has 0 fully saturated rings. The topological polar surface area (TPSA) is 20.2 Å². The van der Waals surface area contributed by atoms with Crippen LogP contribution in [-0.4, -0.2) is 5.11 Å². The van der Waals surface area contributed by atoms with Gasteiger partial charge >= 0.3 is 0 Å². The number of halogens is 3. The molecule has 1 atom stereocenters. The van der Waals surface area contributed by atoms with Crippen LogP contribution < -0.4 is 0 Å². The van der Waals surface area contributed by atoms with Crippen molar-refractivity contribution in [2.24, 2.45) is 0 Å².